The van der Waals surface area contributed by atoms with E-state index in [2.05, 4.69) is 19.2 Å². The third-order valence-corrected chi connectivity index (χ3v) is 7.64. The van der Waals surface area contributed by atoms with Crippen LogP contribution in [0.1, 0.15) is 28.8 Å². The van der Waals surface area contributed by atoms with Gasteiger partial charge < -0.3 is 5.11 Å². The molecule has 0 aromatic carbocycles. The summed E-state index contributed by atoms with van der Waals surface area (Å²) >= 11 is 9.99. The Bertz CT molecular complexity index is 877. The first-order chi connectivity index (χ1) is 11.4. The summed E-state index contributed by atoms with van der Waals surface area (Å²) in [5.41, 5.74) is 2.47. The van der Waals surface area contributed by atoms with Crippen LogP contribution >= 0.6 is 46.7 Å². The van der Waals surface area contributed by atoms with E-state index in [1.54, 1.807) is 22.7 Å². The molecule has 0 atom stereocenters. The molecule has 1 fully saturated rings. The van der Waals surface area contributed by atoms with E-state index in [4.69, 9.17) is 17.3 Å². The minimum Gasteiger partial charge on any atom is -0.481 e. The van der Waals surface area contributed by atoms with Gasteiger partial charge in [0.15, 0.2) is 0 Å². The Balaban J connectivity index is 1.82. The monoisotopic (exact) mass is 397 g/mol. The molecule has 1 aliphatic heterocycles. The molecule has 2 aromatic rings. The predicted octanol–water partition coefficient (Wildman–Crippen LogP) is 4.65. The Morgan fingerprint density at radius 1 is 1.42 bits per heavy atom. The molecule has 0 spiro atoms. The average molecular weight is 398 g/mol. The second kappa shape index (κ2) is 6.95. The van der Waals surface area contributed by atoms with Gasteiger partial charge in [-0.2, -0.15) is 0 Å². The van der Waals surface area contributed by atoms with Gasteiger partial charge in [0.2, 0.25) is 0 Å². The zero-order valence-electron chi connectivity index (χ0n) is 13.1. The van der Waals surface area contributed by atoms with Crippen molar-refractivity contribution in [1.82, 2.24) is 4.90 Å². The fourth-order valence-electron chi connectivity index (χ4n) is 2.58. The van der Waals surface area contributed by atoms with E-state index in [0.717, 1.165) is 4.88 Å². The zero-order valence-corrected chi connectivity index (χ0v) is 16.4. The van der Waals surface area contributed by atoms with Crippen LogP contribution in [0.25, 0.3) is 15.5 Å². The Morgan fingerprint density at radius 3 is 2.83 bits per heavy atom. The third kappa shape index (κ3) is 3.28. The lowest BCUT2D eigenvalue weighted by atomic mass is 10.1. The summed E-state index contributed by atoms with van der Waals surface area (Å²) in [7, 11) is 0. The van der Waals surface area contributed by atoms with Gasteiger partial charge in [-0.15, -0.1) is 22.7 Å². The fourth-order valence-corrected chi connectivity index (χ4v) is 6.43. The molecule has 0 aliphatic carbocycles. The molecule has 0 bridgehead atoms. The van der Waals surface area contributed by atoms with Gasteiger partial charge in [-0.1, -0.05) is 24.0 Å². The smallest absolute Gasteiger partial charge is 0.303 e. The van der Waals surface area contributed by atoms with Crippen molar-refractivity contribution >= 4 is 78.3 Å². The second-order valence-electron chi connectivity index (χ2n) is 5.50. The molecular formula is C16H15NO3S4. The van der Waals surface area contributed by atoms with E-state index >= 15 is 0 Å². The molecule has 1 N–H and O–H groups in total. The molecule has 4 nitrogen and oxygen atoms in total. The second-order valence-corrected chi connectivity index (χ2v) is 9.37. The van der Waals surface area contributed by atoms with Crippen molar-refractivity contribution in [3.05, 3.63) is 26.3 Å². The van der Waals surface area contributed by atoms with E-state index in [1.807, 2.05) is 6.08 Å². The van der Waals surface area contributed by atoms with Crippen LogP contribution < -0.4 is 0 Å². The van der Waals surface area contributed by atoms with Gasteiger partial charge in [-0.25, -0.2) is 0 Å². The van der Waals surface area contributed by atoms with Crippen LogP contribution in [-0.2, 0) is 9.59 Å². The van der Waals surface area contributed by atoms with Gasteiger partial charge in [0.05, 0.1) is 8.92 Å². The van der Waals surface area contributed by atoms with Crippen molar-refractivity contribution in [3.63, 3.8) is 0 Å². The van der Waals surface area contributed by atoms with Crippen LogP contribution in [0.15, 0.2) is 10.3 Å². The number of fused-ring (bicyclic) bond motifs is 1. The van der Waals surface area contributed by atoms with Crippen molar-refractivity contribution in [2.45, 2.75) is 26.7 Å². The summed E-state index contributed by atoms with van der Waals surface area (Å²) in [6.45, 7) is 4.54. The first kappa shape index (κ1) is 17.6. The lowest BCUT2D eigenvalue weighted by Gasteiger charge is -2.13. The topological polar surface area (TPSA) is 57.6 Å². The highest BCUT2D eigenvalue weighted by molar-refractivity contribution is 8.26. The van der Waals surface area contributed by atoms with Crippen molar-refractivity contribution < 1.29 is 14.7 Å². The highest BCUT2D eigenvalue weighted by atomic mass is 32.2. The number of hydrogen-bond donors (Lipinski definition) is 1. The molecule has 1 saturated heterocycles. The Hall–Kier alpha value is -1.22. The van der Waals surface area contributed by atoms with Crippen LogP contribution in [-0.4, -0.2) is 32.7 Å². The predicted molar refractivity (Wildman–Crippen MR) is 106 cm³/mol. The number of nitrogens with zero attached hydrogens (tertiary/aromatic N) is 1. The van der Waals surface area contributed by atoms with Crippen molar-refractivity contribution in [1.29, 1.82) is 0 Å². The summed E-state index contributed by atoms with van der Waals surface area (Å²) < 4.78 is 1.78. The summed E-state index contributed by atoms with van der Waals surface area (Å²) in [5.74, 6) is -0.983. The summed E-state index contributed by atoms with van der Waals surface area (Å²) in [5, 5.41) is 12.2. The molecule has 1 amide bonds. The lowest BCUT2D eigenvalue weighted by molar-refractivity contribution is -0.137. The fraction of sp³-hybridized carbons (Fsp3) is 0.312. The molecule has 24 heavy (non-hydrogen) atoms. The van der Waals surface area contributed by atoms with Crippen LogP contribution in [0.3, 0.4) is 0 Å². The number of thioether (sulfide) groups is 1. The number of rotatable bonds is 5. The standard InChI is InChI=1S/C16H15NO3S4/c1-8-7-22-15-13(8)9(2)10(23-15)6-11-14(20)17(16(21)24-11)5-3-4-12(18)19/h6-7H,3-5H2,1-2H3,(H,18,19)/b11-6+. The van der Waals surface area contributed by atoms with E-state index in [-0.39, 0.29) is 12.3 Å². The number of carboxylic acids is 1. The molecular weight excluding hydrogens is 382 g/mol. The summed E-state index contributed by atoms with van der Waals surface area (Å²) in [4.78, 5) is 26.4. The van der Waals surface area contributed by atoms with Gasteiger partial charge in [0, 0.05) is 23.2 Å². The SMILES string of the molecule is Cc1csc2sc(/C=C3/SC(=S)N(CCCC(=O)O)C3=O)c(C)c12. The van der Waals surface area contributed by atoms with Crippen LogP contribution in [0.2, 0.25) is 0 Å². The quantitative estimate of drug-likeness (QED) is 0.588. The number of carbonyl (C=O) groups excluding carboxylic acids is 1. The van der Waals surface area contributed by atoms with Gasteiger partial charge in [0.1, 0.15) is 4.32 Å². The van der Waals surface area contributed by atoms with Gasteiger partial charge in [0.25, 0.3) is 5.91 Å². The molecule has 0 unspecified atom stereocenters. The Morgan fingerprint density at radius 2 is 2.17 bits per heavy atom. The minimum atomic E-state index is -0.861. The maximum Gasteiger partial charge on any atom is 0.303 e. The Labute approximate surface area is 157 Å². The highest BCUT2D eigenvalue weighted by Gasteiger charge is 2.32. The van der Waals surface area contributed by atoms with Gasteiger partial charge >= 0.3 is 5.97 Å². The summed E-state index contributed by atoms with van der Waals surface area (Å²) in [6.07, 6.45) is 2.36. The van der Waals surface area contributed by atoms with Crippen molar-refractivity contribution in [2.75, 3.05) is 6.54 Å². The van der Waals surface area contributed by atoms with Crippen molar-refractivity contribution in [2.24, 2.45) is 0 Å². The van der Waals surface area contributed by atoms with Crippen LogP contribution in [0.5, 0.6) is 0 Å². The molecule has 0 radical (unpaired) electrons. The van der Waals surface area contributed by atoms with E-state index < -0.39 is 5.97 Å². The number of carboxylic acid groups (broad SMARTS) is 1. The third-order valence-electron chi connectivity index (χ3n) is 3.80. The maximum absolute atomic E-state index is 12.5. The van der Waals surface area contributed by atoms with Crippen LogP contribution in [0, 0.1) is 13.8 Å². The number of amides is 1. The Kier molecular flexibility index (Phi) is 5.10. The molecule has 0 saturated carbocycles. The molecule has 8 heteroatoms. The molecule has 2 aromatic heterocycles. The first-order valence-corrected chi connectivity index (χ1v) is 10.2. The molecule has 126 valence electrons. The average Bonchev–Trinajstić information content (AvgIpc) is 3.11. The van der Waals surface area contributed by atoms with E-state index in [9.17, 15) is 9.59 Å². The zero-order chi connectivity index (χ0) is 17.4. The maximum atomic E-state index is 12.5. The number of carbonyl (C=O) groups is 2. The number of thiophene rings is 2. The normalized spacial score (nSPS) is 16.8. The number of aliphatic carboxylic acids is 1. The van der Waals surface area contributed by atoms with Gasteiger partial charge in [-0.3, -0.25) is 14.5 Å². The number of hydrogen-bond acceptors (Lipinski definition) is 6. The minimum absolute atomic E-state index is 0.0374. The van der Waals surface area contributed by atoms with Crippen molar-refractivity contribution in [3.8, 4) is 0 Å². The lowest BCUT2D eigenvalue weighted by Crippen LogP contribution is -2.29. The summed E-state index contributed by atoms with van der Waals surface area (Å²) in [6, 6.07) is 0. The number of thiocarbonyl (C=S) groups is 1. The first-order valence-electron chi connectivity index (χ1n) is 7.33. The van der Waals surface area contributed by atoms with Crippen LogP contribution in [0.4, 0.5) is 0 Å². The van der Waals surface area contributed by atoms with E-state index in [0.29, 0.717) is 22.2 Å². The highest BCUT2D eigenvalue weighted by Crippen LogP contribution is 2.40. The molecule has 3 rings (SSSR count). The largest absolute Gasteiger partial charge is 0.481 e. The van der Waals surface area contributed by atoms with E-state index in [1.165, 1.54) is 37.2 Å². The molecule has 3 heterocycles. The number of aryl methyl sites for hydroxylation is 2. The van der Waals surface area contributed by atoms with Gasteiger partial charge in [-0.05, 0) is 42.9 Å². The molecule has 1 aliphatic rings.